The van der Waals surface area contributed by atoms with E-state index in [1.54, 1.807) is 18.2 Å². The van der Waals surface area contributed by atoms with E-state index in [-0.39, 0.29) is 5.91 Å². The molecule has 1 aromatic carbocycles. The van der Waals surface area contributed by atoms with Gasteiger partial charge in [-0.1, -0.05) is 11.6 Å². The lowest BCUT2D eigenvalue weighted by Crippen LogP contribution is -2.27. The molecule has 4 N–H and O–H groups in total. The van der Waals surface area contributed by atoms with Crippen molar-refractivity contribution in [3.63, 3.8) is 0 Å². The summed E-state index contributed by atoms with van der Waals surface area (Å²) in [6, 6.07) is 5.66. The number of carbonyl (C=O) groups is 1. The lowest BCUT2D eigenvalue weighted by molar-refractivity contribution is -0.120. The number of hydrogen-bond donors (Lipinski definition) is 3. The molecule has 17 heavy (non-hydrogen) atoms. The highest BCUT2D eigenvalue weighted by atomic mass is 35.5. The molecule has 2 rings (SSSR count). The SMILES string of the molecule is Nc1ccc(Cl)cc1NCCC(=O)NC1CC1. The zero-order chi connectivity index (χ0) is 12.3. The predicted octanol–water partition coefficient (Wildman–Crippen LogP) is 2.00. The maximum absolute atomic E-state index is 11.4. The topological polar surface area (TPSA) is 67.1 Å². The van der Waals surface area contributed by atoms with Crippen LogP contribution in [0, 0.1) is 0 Å². The molecule has 0 radical (unpaired) electrons. The number of rotatable bonds is 5. The third-order valence-corrected chi connectivity index (χ3v) is 2.86. The van der Waals surface area contributed by atoms with Crippen molar-refractivity contribution in [3.05, 3.63) is 23.2 Å². The first kappa shape index (κ1) is 12.0. The third-order valence-electron chi connectivity index (χ3n) is 2.63. The van der Waals surface area contributed by atoms with Gasteiger partial charge >= 0.3 is 0 Å². The average molecular weight is 254 g/mol. The van der Waals surface area contributed by atoms with Gasteiger partial charge in [0.25, 0.3) is 0 Å². The lowest BCUT2D eigenvalue weighted by atomic mass is 10.2. The summed E-state index contributed by atoms with van der Waals surface area (Å²) in [6.07, 6.45) is 2.67. The first-order valence-corrected chi connectivity index (χ1v) is 6.11. The molecule has 5 heteroatoms. The molecule has 1 aliphatic rings. The fourth-order valence-electron chi connectivity index (χ4n) is 1.52. The zero-order valence-corrected chi connectivity index (χ0v) is 10.3. The lowest BCUT2D eigenvalue weighted by Gasteiger charge is -2.09. The summed E-state index contributed by atoms with van der Waals surface area (Å²) in [4.78, 5) is 11.4. The number of halogens is 1. The van der Waals surface area contributed by atoms with Crippen LogP contribution in [-0.4, -0.2) is 18.5 Å². The molecule has 0 aromatic heterocycles. The van der Waals surface area contributed by atoms with Gasteiger partial charge in [-0.25, -0.2) is 0 Å². The minimum atomic E-state index is 0.0839. The molecule has 1 saturated carbocycles. The number of nitrogen functional groups attached to an aromatic ring is 1. The molecule has 0 heterocycles. The quantitative estimate of drug-likeness (QED) is 0.703. The number of carbonyl (C=O) groups excluding carboxylic acids is 1. The Morgan fingerprint density at radius 2 is 2.24 bits per heavy atom. The molecular weight excluding hydrogens is 238 g/mol. The van der Waals surface area contributed by atoms with Gasteiger partial charge in [0.05, 0.1) is 11.4 Å². The third kappa shape index (κ3) is 3.82. The Morgan fingerprint density at radius 1 is 1.47 bits per heavy atom. The van der Waals surface area contributed by atoms with E-state index in [2.05, 4.69) is 10.6 Å². The molecule has 0 bridgehead atoms. The summed E-state index contributed by atoms with van der Waals surface area (Å²) >= 11 is 5.86. The number of nitrogens with two attached hydrogens (primary N) is 1. The van der Waals surface area contributed by atoms with Crippen molar-refractivity contribution in [2.75, 3.05) is 17.6 Å². The van der Waals surface area contributed by atoms with Crippen molar-refractivity contribution in [1.82, 2.24) is 5.32 Å². The van der Waals surface area contributed by atoms with Crippen molar-refractivity contribution < 1.29 is 4.79 Å². The predicted molar refractivity (Wildman–Crippen MR) is 70.1 cm³/mol. The first-order chi connectivity index (χ1) is 8.15. The van der Waals surface area contributed by atoms with Gasteiger partial charge in [0, 0.05) is 24.0 Å². The largest absolute Gasteiger partial charge is 0.397 e. The van der Waals surface area contributed by atoms with Crippen molar-refractivity contribution in [3.8, 4) is 0 Å². The smallest absolute Gasteiger partial charge is 0.221 e. The molecule has 0 unspecified atom stereocenters. The van der Waals surface area contributed by atoms with E-state index in [1.165, 1.54) is 0 Å². The normalized spacial score (nSPS) is 14.4. The van der Waals surface area contributed by atoms with Crippen LogP contribution >= 0.6 is 11.6 Å². The van der Waals surface area contributed by atoms with Crippen molar-refractivity contribution >= 4 is 28.9 Å². The Morgan fingerprint density at radius 3 is 2.94 bits per heavy atom. The molecule has 92 valence electrons. The maximum Gasteiger partial charge on any atom is 0.221 e. The number of anilines is 2. The minimum Gasteiger partial charge on any atom is -0.397 e. The molecule has 0 aliphatic heterocycles. The monoisotopic (exact) mass is 253 g/mol. The summed E-state index contributed by atoms with van der Waals surface area (Å²) < 4.78 is 0. The van der Waals surface area contributed by atoms with Gasteiger partial charge in [0.2, 0.25) is 5.91 Å². The van der Waals surface area contributed by atoms with Crippen molar-refractivity contribution in [1.29, 1.82) is 0 Å². The van der Waals surface area contributed by atoms with Crippen molar-refractivity contribution in [2.24, 2.45) is 0 Å². The van der Waals surface area contributed by atoms with Gasteiger partial charge in [-0.2, -0.15) is 0 Å². The van der Waals surface area contributed by atoms with Gasteiger partial charge in [-0.05, 0) is 31.0 Å². The maximum atomic E-state index is 11.4. The van der Waals surface area contributed by atoms with Crippen LogP contribution in [0.15, 0.2) is 18.2 Å². The molecule has 1 amide bonds. The number of nitrogens with one attached hydrogen (secondary N) is 2. The van der Waals surface area contributed by atoms with E-state index in [9.17, 15) is 4.79 Å². The molecule has 0 atom stereocenters. The first-order valence-electron chi connectivity index (χ1n) is 5.73. The standard InChI is InChI=1S/C12H16ClN3O/c13-8-1-4-10(14)11(7-8)15-6-5-12(17)16-9-2-3-9/h1,4,7,9,15H,2-3,5-6,14H2,(H,16,17). The van der Waals surface area contributed by atoms with Crippen molar-refractivity contribution in [2.45, 2.75) is 25.3 Å². The van der Waals surface area contributed by atoms with Gasteiger partial charge in [-0.3, -0.25) is 4.79 Å². The Kier molecular flexibility index (Phi) is 3.74. The Hall–Kier alpha value is -1.42. The summed E-state index contributed by atoms with van der Waals surface area (Å²) in [5.41, 5.74) is 7.19. The van der Waals surface area contributed by atoms with Gasteiger partial charge < -0.3 is 16.4 Å². The molecule has 0 spiro atoms. The van der Waals surface area contributed by atoms with E-state index in [0.29, 0.717) is 29.7 Å². The number of benzene rings is 1. The van der Waals surface area contributed by atoms with Crippen LogP contribution in [0.25, 0.3) is 0 Å². The van der Waals surface area contributed by atoms with Crippen LogP contribution in [0.5, 0.6) is 0 Å². The number of amides is 1. The number of hydrogen-bond acceptors (Lipinski definition) is 3. The summed E-state index contributed by atoms with van der Waals surface area (Å²) in [7, 11) is 0. The highest BCUT2D eigenvalue weighted by Gasteiger charge is 2.22. The fraction of sp³-hybridized carbons (Fsp3) is 0.417. The zero-order valence-electron chi connectivity index (χ0n) is 9.50. The Balaban J connectivity index is 1.76. The van der Waals surface area contributed by atoms with E-state index in [0.717, 1.165) is 18.5 Å². The minimum absolute atomic E-state index is 0.0839. The van der Waals surface area contributed by atoms with Gasteiger partial charge in [-0.15, -0.1) is 0 Å². The highest BCUT2D eigenvalue weighted by Crippen LogP contribution is 2.22. The Bertz CT molecular complexity index is 418. The van der Waals surface area contributed by atoms with Gasteiger partial charge in [0.1, 0.15) is 0 Å². The van der Waals surface area contributed by atoms with Crippen LogP contribution in [0.2, 0.25) is 5.02 Å². The second-order valence-corrected chi connectivity index (χ2v) is 4.69. The molecule has 1 aliphatic carbocycles. The van der Waals surface area contributed by atoms with Crippen LogP contribution < -0.4 is 16.4 Å². The van der Waals surface area contributed by atoms with E-state index >= 15 is 0 Å². The van der Waals surface area contributed by atoms with Gasteiger partial charge in [0.15, 0.2) is 0 Å². The molecule has 1 aromatic rings. The molecule has 4 nitrogen and oxygen atoms in total. The van der Waals surface area contributed by atoms with Crippen LogP contribution in [0.4, 0.5) is 11.4 Å². The van der Waals surface area contributed by atoms with Crippen LogP contribution in [-0.2, 0) is 4.79 Å². The van der Waals surface area contributed by atoms with E-state index in [4.69, 9.17) is 17.3 Å². The second-order valence-electron chi connectivity index (χ2n) is 4.25. The fourth-order valence-corrected chi connectivity index (χ4v) is 1.69. The van der Waals surface area contributed by atoms with E-state index < -0.39 is 0 Å². The summed E-state index contributed by atoms with van der Waals surface area (Å²) in [5, 5.41) is 6.67. The summed E-state index contributed by atoms with van der Waals surface area (Å²) in [6.45, 7) is 0.559. The second kappa shape index (κ2) is 5.27. The van der Waals surface area contributed by atoms with Crippen LogP contribution in [0.3, 0.4) is 0 Å². The van der Waals surface area contributed by atoms with E-state index in [1.807, 2.05) is 0 Å². The molecule has 0 saturated heterocycles. The molecular formula is C12H16ClN3O. The summed E-state index contributed by atoms with van der Waals surface area (Å²) in [5.74, 6) is 0.0839. The highest BCUT2D eigenvalue weighted by molar-refractivity contribution is 6.31. The molecule has 1 fully saturated rings. The average Bonchev–Trinajstić information content (AvgIpc) is 3.07. The Labute approximate surface area is 106 Å². The van der Waals surface area contributed by atoms with Crippen LogP contribution in [0.1, 0.15) is 19.3 Å².